The molecule has 104 valence electrons. The summed E-state index contributed by atoms with van der Waals surface area (Å²) in [5, 5.41) is 0. The lowest BCUT2D eigenvalue weighted by molar-refractivity contribution is 0.104. The maximum atomic E-state index is 12.4. The van der Waals surface area contributed by atoms with E-state index in [0.29, 0.717) is 0 Å². The highest BCUT2D eigenvalue weighted by atomic mass is 16.1. The second-order valence-corrected chi connectivity index (χ2v) is 5.30. The number of hydrogen-bond acceptors (Lipinski definition) is 1. The molecule has 3 rings (SSSR count). The van der Waals surface area contributed by atoms with E-state index in [1.165, 1.54) is 16.7 Å². The average molecular weight is 274 g/mol. The van der Waals surface area contributed by atoms with Gasteiger partial charge in [-0.25, -0.2) is 0 Å². The van der Waals surface area contributed by atoms with E-state index in [9.17, 15) is 4.79 Å². The summed E-state index contributed by atoms with van der Waals surface area (Å²) in [7, 11) is 0. The Labute approximate surface area is 125 Å². The van der Waals surface area contributed by atoms with Crippen LogP contribution >= 0.6 is 0 Å². The van der Waals surface area contributed by atoms with Crippen molar-refractivity contribution in [1.29, 1.82) is 0 Å². The van der Waals surface area contributed by atoms with Crippen molar-refractivity contribution in [3.05, 3.63) is 88.5 Å². The Hall–Kier alpha value is -2.41. The molecule has 0 N–H and O–H groups in total. The van der Waals surface area contributed by atoms with Gasteiger partial charge in [-0.2, -0.15) is 0 Å². The summed E-state index contributed by atoms with van der Waals surface area (Å²) in [5.41, 5.74) is 5.72. The number of hydrogen-bond donors (Lipinski definition) is 0. The van der Waals surface area contributed by atoms with E-state index in [-0.39, 0.29) is 5.78 Å². The molecular formula is C20H18O. The van der Waals surface area contributed by atoms with Gasteiger partial charge in [-0.3, -0.25) is 4.79 Å². The molecule has 0 aliphatic heterocycles. The molecule has 1 aliphatic rings. The van der Waals surface area contributed by atoms with E-state index in [1.54, 1.807) is 6.08 Å². The first-order valence-electron chi connectivity index (χ1n) is 7.36. The third-order valence-electron chi connectivity index (χ3n) is 3.92. The van der Waals surface area contributed by atoms with Crippen molar-refractivity contribution in [2.75, 3.05) is 0 Å². The van der Waals surface area contributed by atoms with Crippen LogP contribution in [0.25, 0.3) is 6.08 Å². The number of carbonyl (C=O) groups is 1. The largest absolute Gasteiger partial charge is 0.289 e. The fourth-order valence-corrected chi connectivity index (χ4v) is 2.75. The molecular weight excluding hydrogens is 256 g/mol. The van der Waals surface area contributed by atoms with Crippen LogP contribution in [0, 0.1) is 0 Å². The Morgan fingerprint density at radius 3 is 2.52 bits per heavy atom. The van der Waals surface area contributed by atoms with Crippen molar-refractivity contribution in [3.63, 3.8) is 0 Å². The molecule has 0 bridgehead atoms. The lowest BCUT2D eigenvalue weighted by Gasteiger charge is -2.19. The van der Waals surface area contributed by atoms with Crippen LogP contribution in [0.3, 0.4) is 0 Å². The standard InChI is InChI=1S/C20H18O/c1-2-15-12-17-10-6-7-11-18(17)13-19(15)14-20(21)16-8-4-3-5-9-16/h3-12,14H,2,13H2,1H3. The minimum Gasteiger partial charge on any atom is -0.289 e. The molecule has 21 heavy (non-hydrogen) atoms. The summed E-state index contributed by atoms with van der Waals surface area (Å²) < 4.78 is 0. The predicted octanol–water partition coefficient (Wildman–Crippen LogP) is 4.85. The Balaban J connectivity index is 1.96. The number of ketones is 1. The SMILES string of the molecule is CCC1=Cc2ccccc2CC1=CC(=O)c1ccccc1. The number of allylic oxidation sites excluding steroid dienone is 3. The number of carbonyl (C=O) groups excluding carboxylic acids is 1. The maximum Gasteiger partial charge on any atom is 0.186 e. The molecule has 0 aromatic heterocycles. The van der Waals surface area contributed by atoms with Crippen LogP contribution in [-0.2, 0) is 6.42 Å². The summed E-state index contributed by atoms with van der Waals surface area (Å²) in [4.78, 5) is 12.4. The van der Waals surface area contributed by atoms with E-state index in [4.69, 9.17) is 0 Å². The van der Waals surface area contributed by atoms with Crippen molar-refractivity contribution in [3.8, 4) is 0 Å². The van der Waals surface area contributed by atoms with E-state index in [1.807, 2.05) is 30.3 Å². The Morgan fingerprint density at radius 1 is 1.05 bits per heavy atom. The zero-order valence-corrected chi connectivity index (χ0v) is 12.2. The maximum absolute atomic E-state index is 12.4. The van der Waals surface area contributed by atoms with Crippen molar-refractivity contribution >= 4 is 11.9 Å². The molecule has 1 nitrogen and oxygen atoms in total. The smallest absolute Gasteiger partial charge is 0.186 e. The van der Waals surface area contributed by atoms with Crippen LogP contribution in [0.15, 0.2) is 71.8 Å². The molecule has 0 unspecified atom stereocenters. The van der Waals surface area contributed by atoms with Crippen LogP contribution in [0.1, 0.15) is 34.8 Å². The molecule has 2 aromatic carbocycles. The van der Waals surface area contributed by atoms with Crippen molar-refractivity contribution in [2.24, 2.45) is 0 Å². The number of rotatable bonds is 3. The molecule has 1 heteroatoms. The van der Waals surface area contributed by atoms with Gasteiger partial charge in [0.25, 0.3) is 0 Å². The summed E-state index contributed by atoms with van der Waals surface area (Å²) >= 11 is 0. The predicted molar refractivity (Wildman–Crippen MR) is 87.3 cm³/mol. The highest BCUT2D eigenvalue weighted by Crippen LogP contribution is 2.30. The molecule has 0 amide bonds. The highest BCUT2D eigenvalue weighted by molar-refractivity contribution is 6.05. The Kier molecular flexibility index (Phi) is 3.83. The fraction of sp³-hybridized carbons (Fsp3) is 0.150. The minimum absolute atomic E-state index is 0.0873. The normalized spacial score (nSPS) is 15.5. The first-order chi connectivity index (χ1) is 10.3. The molecule has 0 atom stereocenters. The highest BCUT2D eigenvalue weighted by Gasteiger charge is 2.15. The summed E-state index contributed by atoms with van der Waals surface area (Å²) in [5.74, 6) is 0.0873. The van der Waals surface area contributed by atoms with Crippen molar-refractivity contribution < 1.29 is 4.79 Å². The van der Waals surface area contributed by atoms with Crippen molar-refractivity contribution in [1.82, 2.24) is 0 Å². The molecule has 0 fully saturated rings. The summed E-state index contributed by atoms with van der Waals surface area (Å²) in [6.45, 7) is 2.14. The minimum atomic E-state index is 0.0873. The van der Waals surface area contributed by atoms with Gasteiger partial charge in [0.2, 0.25) is 0 Å². The van der Waals surface area contributed by atoms with E-state index >= 15 is 0 Å². The fourth-order valence-electron chi connectivity index (χ4n) is 2.75. The van der Waals surface area contributed by atoms with Gasteiger partial charge in [0, 0.05) is 5.56 Å². The zero-order chi connectivity index (χ0) is 14.7. The lowest BCUT2D eigenvalue weighted by Crippen LogP contribution is -2.06. The van der Waals surface area contributed by atoms with E-state index in [2.05, 4.69) is 37.3 Å². The molecule has 0 radical (unpaired) electrons. The Morgan fingerprint density at radius 2 is 1.76 bits per heavy atom. The van der Waals surface area contributed by atoms with Crippen LogP contribution in [0.2, 0.25) is 0 Å². The molecule has 0 heterocycles. The van der Waals surface area contributed by atoms with Gasteiger partial charge in [0.1, 0.15) is 0 Å². The van der Waals surface area contributed by atoms with Gasteiger partial charge < -0.3 is 0 Å². The molecule has 0 saturated heterocycles. The first-order valence-corrected chi connectivity index (χ1v) is 7.36. The van der Waals surface area contributed by atoms with Gasteiger partial charge in [0.05, 0.1) is 0 Å². The molecule has 0 spiro atoms. The first kappa shape index (κ1) is 13.6. The quantitative estimate of drug-likeness (QED) is 0.578. The lowest BCUT2D eigenvalue weighted by atomic mass is 9.86. The molecule has 2 aromatic rings. The van der Waals surface area contributed by atoms with Crippen LogP contribution < -0.4 is 0 Å². The van der Waals surface area contributed by atoms with Gasteiger partial charge in [0.15, 0.2) is 5.78 Å². The van der Waals surface area contributed by atoms with Gasteiger partial charge >= 0.3 is 0 Å². The summed E-state index contributed by atoms with van der Waals surface area (Å²) in [6.07, 6.45) is 5.81. The van der Waals surface area contributed by atoms with Gasteiger partial charge in [-0.05, 0) is 41.2 Å². The van der Waals surface area contributed by atoms with Crippen molar-refractivity contribution in [2.45, 2.75) is 19.8 Å². The van der Waals surface area contributed by atoms with Crippen LogP contribution in [-0.4, -0.2) is 5.78 Å². The van der Waals surface area contributed by atoms with E-state index < -0.39 is 0 Å². The average Bonchev–Trinajstić information content (AvgIpc) is 2.55. The van der Waals surface area contributed by atoms with E-state index in [0.717, 1.165) is 24.0 Å². The van der Waals surface area contributed by atoms with Gasteiger partial charge in [-0.1, -0.05) is 67.6 Å². The monoisotopic (exact) mass is 274 g/mol. The second-order valence-electron chi connectivity index (χ2n) is 5.30. The zero-order valence-electron chi connectivity index (χ0n) is 12.2. The van der Waals surface area contributed by atoms with Crippen LogP contribution in [0.4, 0.5) is 0 Å². The number of benzene rings is 2. The number of fused-ring (bicyclic) bond motifs is 1. The second kappa shape index (κ2) is 5.92. The summed E-state index contributed by atoms with van der Waals surface area (Å²) in [6, 6.07) is 17.9. The van der Waals surface area contributed by atoms with Gasteiger partial charge in [-0.15, -0.1) is 0 Å². The topological polar surface area (TPSA) is 17.1 Å². The molecule has 0 saturated carbocycles. The third-order valence-corrected chi connectivity index (χ3v) is 3.92. The molecule has 1 aliphatic carbocycles. The van der Waals surface area contributed by atoms with Crippen LogP contribution in [0.5, 0.6) is 0 Å². The third kappa shape index (κ3) is 2.87. The Bertz CT molecular complexity index is 721.